The molecule has 21 heavy (non-hydrogen) atoms. The van der Waals surface area contributed by atoms with Gasteiger partial charge in [0, 0.05) is 11.7 Å². The molecule has 1 aromatic carbocycles. The SMILES string of the molecule is CCC(CN=C(N)Nc1ccc(C)c(C)c1)N1CCCC1. The lowest BCUT2D eigenvalue weighted by atomic mass is 10.1. The normalized spacial score (nSPS) is 18.0. The summed E-state index contributed by atoms with van der Waals surface area (Å²) in [5, 5.41) is 3.19. The summed E-state index contributed by atoms with van der Waals surface area (Å²) in [6.45, 7) is 9.63. The number of hydrogen-bond donors (Lipinski definition) is 2. The number of rotatable bonds is 5. The lowest BCUT2D eigenvalue weighted by Crippen LogP contribution is -2.35. The highest BCUT2D eigenvalue weighted by atomic mass is 15.2. The molecule has 1 aromatic rings. The van der Waals surface area contributed by atoms with E-state index in [1.807, 2.05) is 6.07 Å². The Hall–Kier alpha value is -1.55. The maximum Gasteiger partial charge on any atom is 0.193 e. The quantitative estimate of drug-likeness (QED) is 0.647. The second kappa shape index (κ2) is 7.46. The highest BCUT2D eigenvalue weighted by molar-refractivity contribution is 5.92. The minimum absolute atomic E-state index is 0.510. The number of benzene rings is 1. The first-order valence-electron chi connectivity index (χ1n) is 7.98. The van der Waals surface area contributed by atoms with E-state index in [9.17, 15) is 0 Å². The molecule has 0 aromatic heterocycles. The van der Waals surface area contributed by atoms with Crippen molar-refractivity contribution in [1.29, 1.82) is 0 Å². The maximum absolute atomic E-state index is 6.02. The van der Waals surface area contributed by atoms with Gasteiger partial charge in [-0.3, -0.25) is 9.89 Å². The van der Waals surface area contributed by atoms with E-state index >= 15 is 0 Å². The number of nitrogens with zero attached hydrogens (tertiary/aromatic N) is 2. The molecule has 1 aliphatic rings. The first-order chi connectivity index (χ1) is 10.1. The molecule has 4 nitrogen and oxygen atoms in total. The van der Waals surface area contributed by atoms with Gasteiger partial charge in [-0.1, -0.05) is 13.0 Å². The predicted molar refractivity (Wildman–Crippen MR) is 90.9 cm³/mol. The molecule has 2 rings (SSSR count). The fourth-order valence-electron chi connectivity index (χ4n) is 2.82. The average molecular weight is 288 g/mol. The molecule has 1 atom stereocenters. The van der Waals surface area contributed by atoms with E-state index < -0.39 is 0 Å². The molecule has 0 spiro atoms. The standard InChI is InChI=1S/C17H28N4/c1-4-16(21-9-5-6-10-21)12-19-17(18)20-15-8-7-13(2)14(3)11-15/h7-8,11,16H,4-6,9-10,12H2,1-3H3,(H3,18,19,20). The molecule has 4 heteroatoms. The Morgan fingerprint density at radius 2 is 2.00 bits per heavy atom. The van der Waals surface area contributed by atoms with E-state index in [-0.39, 0.29) is 0 Å². The van der Waals surface area contributed by atoms with E-state index in [2.05, 4.69) is 48.1 Å². The van der Waals surface area contributed by atoms with Gasteiger partial charge < -0.3 is 11.1 Å². The number of guanidine groups is 1. The van der Waals surface area contributed by atoms with E-state index in [4.69, 9.17) is 5.73 Å². The second-order valence-corrected chi connectivity index (χ2v) is 5.96. The lowest BCUT2D eigenvalue weighted by Gasteiger charge is -2.24. The largest absolute Gasteiger partial charge is 0.370 e. The van der Waals surface area contributed by atoms with Crippen LogP contribution in [0.2, 0.25) is 0 Å². The Balaban J connectivity index is 1.91. The van der Waals surface area contributed by atoms with Gasteiger partial charge in [-0.25, -0.2) is 0 Å². The van der Waals surface area contributed by atoms with Gasteiger partial charge in [-0.05, 0) is 69.5 Å². The first-order valence-corrected chi connectivity index (χ1v) is 7.98. The Morgan fingerprint density at radius 3 is 2.62 bits per heavy atom. The molecule has 0 aliphatic carbocycles. The summed E-state index contributed by atoms with van der Waals surface area (Å²) in [5.41, 5.74) is 9.57. The van der Waals surface area contributed by atoms with Gasteiger partial charge in [0.25, 0.3) is 0 Å². The van der Waals surface area contributed by atoms with Crippen LogP contribution in [0.3, 0.4) is 0 Å². The molecule has 1 heterocycles. The van der Waals surface area contributed by atoms with Crippen molar-refractivity contribution in [3.8, 4) is 0 Å². The highest BCUT2D eigenvalue weighted by Crippen LogP contribution is 2.15. The van der Waals surface area contributed by atoms with Gasteiger partial charge in [-0.2, -0.15) is 0 Å². The molecule has 0 saturated carbocycles. The maximum atomic E-state index is 6.02. The van der Waals surface area contributed by atoms with Crippen LogP contribution in [0.1, 0.15) is 37.3 Å². The van der Waals surface area contributed by atoms with E-state index in [1.54, 1.807) is 0 Å². The van der Waals surface area contributed by atoms with Gasteiger partial charge in [0.05, 0.1) is 6.54 Å². The zero-order chi connectivity index (χ0) is 15.2. The summed E-state index contributed by atoms with van der Waals surface area (Å²) >= 11 is 0. The zero-order valence-electron chi connectivity index (χ0n) is 13.5. The number of aliphatic imine (C=N–C) groups is 1. The summed E-state index contributed by atoms with van der Waals surface area (Å²) in [7, 11) is 0. The molecule has 0 bridgehead atoms. The van der Waals surface area contributed by atoms with E-state index in [0.29, 0.717) is 12.0 Å². The molecule has 0 amide bonds. The number of likely N-dealkylation sites (tertiary alicyclic amines) is 1. The van der Waals surface area contributed by atoms with Crippen molar-refractivity contribution in [2.45, 2.75) is 46.1 Å². The van der Waals surface area contributed by atoms with Crippen LogP contribution >= 0.6 is 0 Å². The smallest absolute Gasteiger partial charge is 0.193 e. The number of hydrogen-bond acceptors (Lipinski definition) is 2. The van der Waals surface area contributed by atoms with Crippen molar-refractivity contribution < 1.29 is 0 Å². The Bertz CT molecular complexity index is 490. The van der Waals surface area contributed by atoms with Gasteiger partial charge in [0.2, 0.25) is 0 Å². The fourth-order valence-corrected chi connectivity index (χ4v) is 2.82. The monoisotopic (exact) mass is 288 g/mol. The number of nitrogens with two attached hydrogens (primary N) is 1. The van der Waals surface area contributed by atoms with Crippen LogP contribution in [-0.2, 0) is 0 Å². The summed E-state index contributed by atoms with van der Waals surface area (Å²) < 4.78 is 0. The third-order valence-electron chi connectivity index (χ3n) is 4.38. The zero-order valence-corrected chi connectivity index (χ0v) is 13.5. The Labute approximate surface area is 128 Å². The van der Waals surface area contributed by atoms with Crippen LogP contribution in [0.5, 0.6) is 0 Å². The Kier molecular flexibility index (Phi) is 5.62. The van der Waals surface area contributed by atoms with Crippen molar-refractivity contribution in [3.63, 3.8) is 0 Å². The minimum Gasteiger partial charge on any atom is -0.370 e. The van der Waals surface area contributed by atoms with Crippen LogP contribution in [0.4, 0.5) is 5.69 Å². The van der Waals surface area contributed by atoms with E-state index in [0.717, 1.165) is 18.7 Å². The van der Waals surface area contributed by atoms with Crippen molar-refractivity contribution in [3.05, 3.63) is 29.3 Å². The van der Waals surface area contributed by atoms with Crippen LogP contribution < -0.4 is 11.1 Å². The summed E-state index contributed by atoms with van der Waals surface area (Å²) in [6, 6.07) is 6.77. The summed E-state index contributed by atoms with van der Waals surface area (Å²) in [4.78, 5) is 7.06. The van der Waals surface area contributed by atoms with Crippen molar-refractivity contribution in [1.82, 2.24) is 4.90 Å². The Morgan fingerprint density at radius 1 is 1.29 bits per heavy atom. The van der Waals surface area contributed by atoms with Gasteiger partial charge in [-0.15, -0.1) is 0 Å². The van der Waals surface area contributed by atoms with Crippen molar-refractivity contribution >= 4 is 11.6 Å². The average Bonchev–Trinajstić information content (AvgIpc) is 2.98. The summed E-state index contributed by atoms with van der Waals surface area (Å²) in [6.07, 6.45) is 3.76. The molecular formula is C17H28N4. The van der Waals surface area contributed by atoms with Crippen molar-refractivity contribution in [2.75, 3.05) is 25.0 Å². The molecule has 0 radical (unpaired) electrons. The predicted octanol–water partition coefficient (Wildman–Crippen LogP) is 2.90. The number of anilines is 1. The van der Waals surface area contributed by atoms with Crippen molar-refractivity contribution in [2.24, 2.45) is 10.7 Å². The summed E-state index contributed by atoms with van der Waals surface area (Å²) in [5.74, 6) is 0.510. The lowest BCUT2D eigenvalue weighted by molar-refractivity contribution is 0.242. The molecule has 1 saturated heterocycles. The second-order valence-electron chi connectivity index (χ2n) is 5.96. The van der Waals surface area contributed by atoms with Crippen LogP contribution in [0.15, 0.2) is 23.2 Å². The molecule has 1 unspecified atom stereocenters. The van der Waals surface area contributed by atoms with Crippen LogP contribution in [-0.4, -0.2) is 36.5 Å². The van der Waals surface area contributed by atoms with Gasteiger partial charge >= 0.3 is 0 Å². The molecule has 116 valence electrons. The minimum atomic E-state index is 0.510. The van der Waals surface area contributed by atoms with E-state index in [1.165, 1.54) is 37.1 Å². The molecule has 3 N–H and O–H groups in total. The topological polar surface area (TPSA) is 53.6 Å². The van der Waals surface area contributed by atoms with Crippen LogP contribution in [0.25, 0.3) is 0 Å². The fraction of sp³-hybridized carbons (Fsp3) is 0.588. The van der Waals surface area contributed by atoms with Gasteiger partial charge in [0.1, 0.15) is 0 Å². The number of nitrogens with one attached hydrogen (secondary N) is 1. The van der Waals surface area contributed by atoms with Gasteiger partial charge in [0.15, 0.2) is 5.96 Å². The molecule has 1 fully saturated rings. The highest BCUT2D eigenvalue weighted by Gasteiger charge is 2.19. The molecular weight excluding hydrogens is 260 g/mol. The molecule has 1 aliphatic heterocycles. The number of aryl methyl sites for hydroxylation is 2. The third-order valence-corrected chi connectivity index (χ3v) is 4.38. The third kappa shape index (κ3) is 4.46. The first kappa shape index (κ1) is 15.8. The van der Waals surface area contributed by atoms with Crippen LogP contribution in [0, 0.1) is 13.8 Å².